The van der Waals surface area contributed by atoms with E-state index in [9.17, 15) is 14.4 Å². The molecule has 2 aromatic rings. The van der Waals surface area contributed by atoms with Gasteiger partial charge in [-0.3, -0.25) is 19.3 Å². The summed E-state index contributed by atoms with van der Waals surface area (Å²) in [5.74, 6) is -0.493. The predicted octanol–water partition coefficient (Wildman–Crippen LogP) is 3.33. The second-order valence-corrected chi connectivity index (χ2v) is 7.83. The molecular formula is C18H18N4O3S2. The summed E-state index contributed by atoms with van der Waals surface area (Å²) in [5, 5.41) is 5.18. The van der Waals surface area contributed by atoms with E-state index in [2.05, 4.69) is 15.3 Å². The van der Waals surface area contributed by atoms with Crippen molar-refractivity contribution in [3.05, 3.63) is 41.4 Å². The number of rotatable bonds is 6. The monoisotopic (exact) mass is 402 g/mol. The number of hydrogen-bond acceptors (Lipinski definition) is 7. The van der Waals surface area contributed by atoms with Gasteiger partial charge < -0.3 is 5.32 Å². The Morgan fingerprint density at radius 3 is 2.85 bits per heavy atom. The van der Waals surface area contributed by atoms with Crippen molar-refractivity contribution in [2.45, 2.75) is 25.5 Å². The van der Waals surface area contributed by atoms with Crippen molar-refractivity contribution in [2.24, 2.45) is 4.99 Å². The molecule has 0 aliphatic carbocycles. The minimum absolute atomic E-state index is 0.0290. The lowest BCUT2D eigenvalue weighted by Gasteiger charge is -2.13. The minimum Gasteiger partial charge on any atom is -0.326 e. The maximum absolute atomic E-state index is 12.6. The minimum atomic E-state index is -0.528. The van der Waals surface area contributed by atoms with Gasteiger partial charge in [0.25, 0.3) is 0 Å². The van der Waals surface area contributed by atoms with Crippen molar-refractivity contribution in [1.29, 1.82) is 0 Å². The normalized spacial score (nSPS) is 18.1. The number of thioether (sulfide) groups is 1. The lowest BCUT2D eigenvalue weighted by molar-refractivity contribution is -0.128. The molecule has 3 rings (SSSR count). The summed E-state index contributed by atoms with van der Waals surface area (Å²) in [6.45, 7) is 3.82. The summed E-state index contributed by atoms with van der Waals surface area (Å²) in [4.78, 5) is 46.5. The number of aliphatic imine (C=N–C) groups is 1. The van der Waals surface area contributed by atoms with Gasteiger partial charge in [-0.05, 0) is 26.0 Å². The van der Waals surface area contributed by atoms with Crippen LogP contribution >= 0.6 is 23.1 Å². The van der Waals surface area contributed by atoms with E-state index in [1.165, 1.54) is 30.0 Å². The maximum Gasteiger partial charge on any atom is 0.242 e. The Kier molecular flexibility index (Phi) is 6.02. The van der Waals surface area contributed by atoms with Gasteiger partial charge in [0, 0.05) is 35.8 Å². The van der Waals surface area contributed by atoms with Gasteiger partial charge in [-0.25, -0.2) is 4.98 Å². The molecule has 1 aromatic heterocycles. The molecule has 27 heavy (non-hydrogen) atoms. The summed E-state index contributed by atoms with van der Waals surface area (Å²) in [6.07, 6.45) is 1.68. The highest BCUT2D eigenvalue weighted by molar-refractivity contribution is 8.15. The number of anilines is 1. The lowest BCUT2D eigenvalue weighted by atomic mass is 10.1. The van der Waals surface area contributed by atoms with E-state index in [1.54, 1.807) is 35.4 Å². The van der Waals surface area contributed by atoms with E-state index in [1.807, 2.05) is 12.3 Å². The number of benzene rings is 1. The lowest BCUT2D eigenvalue weighted by Crippen LogP contribution is -2.33. The molecule has 0 radical (unpaired) electrons. The van der Waals surface area contributed by atoms with Gasteiger partial charge in [-0.1, -0.05) is 23.9 Å². The first kappa shape index (κ1) is 19.2. The highest BCUT2D eigenvalue weighted by Gasteiger charge is 2.38. The number of hydrogen-bond donors (Lipinski definition) is 1. The quantitative estimate of drug-likeness (QED) is 0.749. The van der Waals surface area contributed by atoms with Gasteiger partial charge in [0.15, 0.2) is 11.0 Å². The third kappa shape index (κ3) is 4.61. The van der Waals surface area contributed by atoms with Crippen molar-refractivity contribution in [3.63, 3.8) is 0 Å². The van der Waals surface area contributed by atoms with Crippen LogP contribution in [0, 0.1) is 0 Å². The molecule has 1 N–H and O–H groups in total. The van der Waals surface area contributed by atoms with Gasteiger partial charge in [0.05, 0.1) is 0 Å². The van der Waals surface area contributed by atoms with Gasteiger partial charge in [0.1, 0.15) is 5.25 Å². The fraction of sp³-hybridized carbons (Fsp3) is 0.278. The van der Waals surface area contributed by atoms with Crippen molar-refractivity contribution in [1.82, 2.24) is 9.88 Å². The first-order chi connectivity index (χ1) is 13.0. The third-order valence-electron chi connectivity index (χ3n) is 3.87. The molecule has 2 amide bonds. The van der Waals surface area contributed by atoms with Crippen molar-refractivity contribution in [3.8, 4) is 0 Å². The van der Waals surface area contributed by atoms with Gasteiger partial charge in [-0.15, -0.1) is 11.3 Å². The molecule has 140 valence electrons. The Labute approximate surface area is 164 Å². The molecule has 1 aromatic carbocycles. The Morgan fingerprint density at radius 1 is 1.37 bits per heavy atom. The zero-order chi connectivity index (χ0) is 19.4. The van der Waals surface area contributed by atoms with E-state index in [0.29, 0.717) is 28.1 Å². The summed E-state index contributed by atoms with van der Waals surface area (Å²) in [7, 11) is 0. The highest BCUT2D eigenvalue weighted by Crippen LogP contribution is 2.32. The Balaban J connectivity index is 1.68. The Bertz CT molecular complexity index is 896. The number of nitrogens with zero attached hydrogens (tertiary/aromatic N) is 3. The molecule has 0 bridgehead atoms. The first-order valence-electron chi connectivity index (χ1n) is 8.35. The average molecular weight is 403 g/mol. The summed E-state index contributed by atoms with van der Waals surface area (Å²) in [6, 6.07) is 6.73. The molecule has 1 aliphatic rings. The van der Waals surface area contributed by atoms with E-state index in [0.717, 1.165) is 0 Å². The molecule has 9 heteroatoms. The Morgan fingerprint density at radius 2 is 2.19 bits per heavy atom. The summed E-state index contributed by atoms with van der Waals surface area (Å²) < 4.78 is 0. The first-order valence-corrected chi connectivity index (χ1v) is 10.1. The number of aromatic nitrogens is 1. The SMILES string of the molecule is CCN1C(=O)C(CC(=O)Nc2cccc(C(C)=O)c2)S/C1=N/c1nccs1. The predicted molar refractivity (Wildman–Crippen MR) is 108 cm³/mol. The molecule has 0 saturated carbocycles. The van der Waals surface area contributed by atoms with Crippen LogP contribution in [0.2, 0.25) is 0 Å². The number of amides is 2. The molecule has 1 aliphatic heterocycles. The largest absolute Gasteiger partial charge is 0.326 e. The second-order valence-electron chi connectivity index (χ2n) is 5.79. The standard InChI is InChI=1S/C18H18N4O3S2/c1-3-22-16(25)14(27-18(22)21-17-19-7-8-26-17)10-15(24)20-13-6-4-5-12(9-13)11(2)23/h4-9,14H,3,10H2,1-2H3,(H,20,24)/b21-18+. The Hall–Kier alpha value is -2.52. The molecule has 1 atom stereocenters. The zero-order valence-corrected chi connectivity index (χ0v) is 16.5. The fourth-order valence-corrected chi connectivity index (χ4v) is 4.33. The number of thiazole rings is 1. The number of nitrogens with one attached hydrogen (secondary N) is 1. The maximum atomic E-state index is 12.6. The van der Waals surface area contributed by atoms with E-state index < -0.39 is 5.25 Å². The van der Waals surface area contributed by atoms with Crippen LogP contribution in [0.4, 0.5) is 10.8 Å². The molecule has 1 fully saturated rings. The molecule has 7 nitrogen and oxygen atoms in total. The van der Waals surface area contributed by atoms with Crippen LogP contribution in [0.25, 0.3) is 0 Å². The van der Waals surface area contributed by atoms with E-state index in [4.69, 9.17) is 0 Å². The number of Topliss-reactive ketones (excluding diaryl/α,β-unsaturated/α-hetero) is 1. The second kappa shape index (κ2) is 8.45. The van der Waals surface area contributed by atoms with Gasteiger partial charge >= 0.3 is 0 Å². The highest BCUT2D eigenvalue weighted by atomic mass is 32.2. The van der Waals surface area contributed by atoms with Crippen LogP contribution in [-0.2, 0) is 9.59 Å². The van der Waals surface area contributed by atoms with Crippen LogP contribution in [-0.4, -0.2) is 44.4 Å². The van der Waals surface area contributed by atoms with Crippen LogP contribution in [0.15, 0.2) is 40.8 Å². The number of amidine groups is 1. The van der Waals surface area contributed by atoms with Gasteiger partial charge in [0.2, 0.25) is 16.9 Å². The smallest absolute Gasteiger partial charge is 0.242 e. The fourth-order valence-electron chi connectivity index (χ4n) is 2.57. The molecule has 1 unspecified atom stereocenters. The van der Waals surface area contributed by atoms with E-state index in [-0.39, 0.29) is 24.0 Å². The molecule has 2 heterocycles. The van der Waals surface area contributed by atoms with Crippen LogP contribution in [0.3, 0.4) is 0 Å². The van der Waals surface area contributed by atoms with Crippen molar-refractivity contribution >= 4 is 56.7 Å². The molecule has 1 saturated heterocycles. The third-order valence-corrected chi connectivity index (χ3v) is 5.71. The van der Waals surface area contributed by atoms with E-state index >= 15 is 0 Å². The van der Waals surface area contributed by atoms with Crippen LogP contribution < -0.4 is 5.32 Å². The summed E-state index contributed by atoms with van der Waals surface area (Å²) in [5.41, 5.74) is 1.06. The van der Waals surface area contributed by atoms with Gasteiger partial charge in [-0.2, -0.15) is 4.99 Å². The van der Waals surface area contributed by atoms with Crippen LogP contribution in [0.1, 0.15) is 30.6 Å². The zero-order valence-electron chi connectivity index (χ0n) is 14.8. The molecule has 0 spiro atoms. The van der Waals surface area contributed by atoms with Crippen molar-refractivity contribution < 1.29 is 14.4 Å². The number of carbonyl (C=O) groups is 3. The molecular weight excluding hydrogens is 384 g/mol. The number of ketones is 1. The van der Waals surface area contributed by atoms with Crippen LogP contribution in [0.5, 0.6) is 0 Å². The number of carbonyl (C=O) groups excluding carboxylic acids is 3. The topological polar surface area (TPSA) is 91.7 Å². The average Bonchev–Trinajstić information content (AvgIpc) is 3.24. The summed E-state index contributed by atoms with van der Waals surface area (Å²) >= 11 is 2.66. The van der Waals surface area contributed by atoms with Crippen molar-refractivity contribution in [2.75, 3.05) is 11.9 Å².